The Balaban J connectivity index is 2.25. The average molecular weight is 136 g/mol. The third kappa shape index (κ3) is 0.606. The van der Waals surface area contributed by atoms with E-state index in [9.17, 15) is 4.79 Å². The normalized spacial score (nSPS) is 50.1. The molecule has 0 aliphatic heterocycles. The van der Waals surface area contributed by atoms with Gasteiger partial charge in [-0.15, -0.1) is 0 Å². The first-order chi connectivity index (χ1) is 4.83. The lowest BCUT2D eigenvalue weighted by atomic mass is 9.86. The molecule has 2 aliphatic carbocycles. The van der Waals surface area contributed by atoms with Gasteiger partial charge in [-0.3, -0.25) is 0 Å². The van der Waals surface area contributed by atoms with Crippen molar-refractivity contribution in [3.63, 3.8) is 0 Å². The maximum absolute atomic E-state index is 10.6. The molecular formula is C9H12O. The van der Waals surface area contributed by atoms with Crippen LogP contribution in [-0.2, 0) is 4.79 Å². The highest BCUT2D eigenvalue weighted by Crippen LogP contribution is 2.46. The van der Waals surface area contributed by atoms with Crippen molar-refractivity contribution >= 4 is 6.29 Å². The molecule has 0 aromatic rings. The van der Waals surface area contributed by atoms with Crippen LogP contribution in [0, 0.1) is 23.7 Å². The highest BCUT2D eigenvalue weighted by atomic mass is 16.1. The van der Waals surface area contributed by atoms with Gasteiger partial charge in [-0.05, 0) is 24.2 Å². The highest BCUT2D eigenvalue weighted by Gasteiger charge is 2.41. The van der Waals surface area contributed by atoms with Crippen molar-refractivity contribution in [2.24, 2.45) is 23.7 Å². The van der Waals surface area contributed by atoms with Gasteiger partial charge in [-0.2, -0.15) is 0 Å². The molecule has 0 N–H and O–H groups in total. The van der Waals surface area contributed by atoms with Gasteiger partial charge in [0.15, 0.2) is 0 Å². The number of allylic oxidation sites excluding steroid dienone is 2. The third-order valence-corrected chi connectivity index (χ3v) is 3.08. The molecule has 1 nitrogen and oxygen atoms in total. The highest BCUT2D eigenvalue weighted by molar-refractivity contribution is 5.57. The van der Waals surface area contributed by atoms with Crippen molar-refractivity contribution in [1.29, 1.82) is 0 Å². The monoisotopic (exact) mass is 136 g/mol. The average Bonchev–Trinajstić information content (AvgIpc) is 2.46. The summed E-state index contributed by atoms with van der Waals surface area (Å²) in [5, 5.41) is 0. The number of rotatable bonds is 1. The zero-order valence-corrected chi connectivity index (χ0v) is 6.16. The molecular weight excluding hydrogens is 124 g/mol. The fourth-order valence-corrected chi connectivity index (χ4v) is 2.33. The standard InChI is InChI=1S/C9H12O/c1-6-7-2-3-8(4-7)9(6)5-10/h2-3,5-9H,4H2,1H3/t6-,7+,8+,9-/m1/s1. The van der Waals surface area contributed by atoms with Crippen LogP contribution in [0.15, 0.2) is 12.2 Å². The Kier molecular flexibility index (Phi) is 1.19. The summed E-state index contributed by atoms with van der Waals surface area (Å²) in [6, 6.07) is 0. The van der Waals surface area contributed by atoms with Crippen molar-refractivity contribution in [3.05, 3.63) is 12.2 Å². The van der Waals surface area contributed by atoms with Crippen LogP contribution in [0.4, 0.5) is 0 Å². The zero-order valence-electron chi connectivity index (χ0n) is 6.16. The van der Waals surface area contributed by atoms with Gasteiger partial charge in [0, 0.05) is 5.92 Å². The number of fused-ring (bicyclic) bond motifs is 2. The lowest BCUT2D eigenvalue weighted by molar-refractivity contribution is -0.112. The first kappa shape index (κ1) is 6.14. The van der Waals surface area contributed by atoms with E-state index in [4.69, 9.17) is 0 Å². The maximum Gasteiger partial charge on any atom is 0.123 e. The van der Waals surface area contributed by atoms with Crippen LogP contribution in [0.2, 0.25) is 0 Å². The van der Waals surface area contributed by atoms with Crippen LogP contribution in [0.1, 0.15) is 13.3 Å². The molecule has 1 heteroatoms. The minimum Gasteiger partial charge on any atom is -0.303 e. The van der Waals surface area contributed by atoms with E-state index >= 15 is 0 Å². The van der Waals surface area contributed by atoms with Crippen LogP contribution < -0.4 is 0 Å². The Hall–Kier alpha value is -0.590. The van der Waals surface area contributed by atoms with Crippen molar-refractivity contribution in [1.82, 2.24) is 0 Å². The molecule has 54 valence electrons. The molecule has 1 saturated carbocycles. The topological polar surface area (TPSA) is 17.1 Å². The Labute approximate surface area is 61.1 Å². The van der Waals surface area contributed by atoms with Gasteiger partial charge < -0.3 is 4.79 Å². The summed E-state index contributed by atoms with van der Waals surface area (Å²) in [7, 11) is 0. The molecule has 2 bridgehead atoms. The molecule has 0 saturated heterocycles. The predicted molar refractivity (Wildman–Crippen MR) is 39.5 cm³/mol. The fourth-order valence-electron chi connectivity index (χ4n) is 2.33. The van der Waals surface area contributed by atoms with Gasteiger partial charge in [0.1, 0.15) is 6.29 Å². The lowest BCUT2D eigenvalue weighted by Gasteiger charge is -2.18. The summed E-state index contributed by atoms with van der Waals surface area (Å²) in [5.41, 5.74) is 0. The molecule has 1 fully saturated rings. The quantitative estimate of drug-likeness (QED) is 0.395. The first-order valence-electron chi connectivity index (χ1n) is 3.96. The molecule has 0 heterocycles. The molecule has 2 rings (SSSR count). The van der Waals surface area contributed by atoms with Gasteiger partial charge in [0.2, 0.25) is 0 Å². The van der Waals surface area contributed by atoms with E-state index in [1.165, 1.54) is 6.42 Å². The summed E-state index contributed by atoms with van der Waals surface area (Å²) in [6.07, 6.45) is 6.85. The molecule has 4 atom stereocenters. The largest absolute Gasteiger partial charge is 0.303 e. The van der Waals surface area contributed by atoms with Crippen molar-refractivity contribution < 1.29 is 4.79 Å². The number of hydrogen-bond donors (Lipinski definition) is 0. The molecule has 0 unspecified atom stereocenters. The Morgan fingerprint density at radius 1 is 1.40 bits per heavy atom. The third-order valence-electron chi connectivity index (χ3n) is 3.08. The van der Waals surface area contributed by atoms with E-state index in [0.29, 0.717) is 23.7 Å². The molecule has 0 amide bonds. The van der Waals surface area contributed by atoms with E-state index < -0.39 is 0 Å². The zero-order chi connectivity index (χ0) is 7.14. The van der Waals surface area contributed by atoms with Crippen LogP contribution in [-0.4, -0.2) is 6.29 Å². The maximum atomic E-state index is 10.6. The van der Waals surface area contributed by atoms with Crippen LogP contribution in [0.25, 0.3) is 0 Å². The molecule has 2 aliphatic rings. The Bertz CT molecular complexity index is 183. The van der Waals surface area contributed by atoms with Crippen molar-refractivity contribution in [3.8, 4) is 0 Å². The van der Waals surface area contributed by atoms with Crippen LogP contribution >= 0.6 is 0 Å². The Morgan fingerprint density at radius 2 is 2.10 bits per heavy atom. The SMILES string of the molecule is C[C@H]1[C@@H](C=O)[C@H]2C=C[C@H]1C2. The summed E-state index contributed by atoms with van der Waals surface area (Å²) < 4.78 is 0. The summed E-state index contributed by atoms with van der Waals surface area (Å²) in [5.74, 6) is 2.22. The van der Waals surface area contributed by atoms with Gasteiger partial charge >= 0.3 is 0 Å². The Morgan fingerprint density at radius 3 is 2.50 bits per heavy atom. The smallest absolute Gasteiger partial charge is 0.123 e. The first-order valence-corrected chi connectivity index (χ1v) is 3.96. The van der Waals surface area contributed by atoms with Crippen molar-refractivity contribution in [2.75, 3.05) is 0 Å². The number of carbonyl (C=O) groups is 1. The minimum absolute atomic E-state index is 0.329. The second-order valence-corrected chi connectivity index (χ2v) is 3.52. The van der Waals surface area contributed by atoms with Gasteiger partial charge in [0.05, 0.1) is 0 Å². The van der Waals surface area contributed by atoms with E-state index in [1.807, 2.05) is 0 Å². The predicted octanol–water partition coefficient (Wildman–Crippen LogP) is 1.64. The van der Waals surface area contributed by atoms with Gasteiger partial charge in [-0.25, -0.2) is 0 Å². The van der Waals surface area contributed by atoms with Crippen LogP contribution in [0.3, 0.4) is 0 Å². The molecule has 0 aromatic carbocycles. The number of hydrogen-bond acceptors (Lipinski definition) is 1. The van der Waals surface area contributed by atoms with E-state index in [2.05, 4.69) is 19.1 Å². The van der Waals surface area contributed by atoms with E-state index in [0.717, 1.165) is 6.29 Å². The van der Waals surface area contributed by atoms with Crippen LogP contribution in [0.5, 0.6) is 0 Å². The fraction of sp³-hybridized carbons (Fsp3) is 0.667. The van der Waals surface area contributed by atoms with Gasteiger partial charge in [-0.1, -0.05) is 19.1 Å². The minimum atomic E-state index is 0.329. The second-order valence-electron chi connectivity index (χ2n) is 3.52. The molecule has 0 radical (unpaired) electrons. The summed E-state index contributed by atoms with van der Waals surface area (Å²) >= 11 is 0. The number of aldehydes is 1. The van der Waals surface area contributed by atoms with Gasteiger partial charge in [0.25, 0.3) is 0 Å². The molecule has 0 spiro atoms. The molecule has 0 aromatic heterocycles. The van der Waals surface area contributed by atoms with E-state index in [1.54, 1.807) is 0 Å². The molecule has 10 heavy (non-hydrogen) atoms. The van der Waals surface area contributed by atoms with Crippen molar-refractivity contribution in [2.45, 2.75) is 13.3 Å². The van der Waals surface area contributed by atoms with E-state index in [-0.39, 0.29) is 0 Å². The number of carbonyl (C=O) groups excluding carboxylic acids is 1. The summed E-state index contributed by atoms with van der Waals surface area (Å²) in [4.78, 5) is 10.6. The summed E-state index contributed by atoms with van der Waals surface area (Å²) in [6.45, 7) is 2.19. The lowest BCUT2D eigenvalue weighted by Crippen LogP contribution is -2.17. The second kappa shape index (κ2) is 1.94.